The molecule has 0 spiro atoms. The molecule has 0 atom stereocenters. The van der Waals surface area contributed by atoms with Crippen molar-refractivity contribution in [2.75, 3.05) is 5.43 Å². The standard InChI is InChI=1S/C14H10N2O3/c17-11-8-4-7-10-12(11)14(19)16(13(10)18)15-9-5-2-1-3-6-9/h1-8,15,17H. The summed E-state index contributed by atoms with van der Waals surface area (Å²) in [5, 5.41) is 10.6. The molecule has 5 heteroatoms. The van der Waals surface area contributed by atoms with Gasteiger partial charge in [-0.25, -0.2) is 0 Å². The van der Waals surface area contributed by atoms with Crippen molar-refractivity contribution >= 4 is 17.5 Å². The molecule has 5 nitrogen and oxygen atoms in total. The molecule has 0 aromatic heterocycles. The number of hydrogen-bond acceptors (Lipinski definition) is 4. The summed E-state index contributed by atoms with van der Waals surface area (Å²) in [6.07, 6.45) is 0. The van der Waals surface area contributed by atoms with Crippen molar-refractivity contribution in [1.82, 2.24) is 5.01 Å². The van der Waals surface area contributed by atoms with Gasteiger partial charge in [0, 0.05) is 0 Å². The molecule has 2 aromatic carbocycles. The monoisotopic (exact) mass is 254 g/mol. The first-order valence-corrected chi connectivity index (χ1v) is 5.71. The zero-order valence-corrected chi connectivity index (χ0v) is 9.83. The Labute approximate surface area is 109 Å². The quantitative estimate of drug-likeness (QED) is 0.804. The predicted octanol–water partition coefficient (Wildman–Crippen LogP) is 2.02. The van der Waals surface area contributed by atoms with Crippen molar-refractivity contribution < 1.29 is 14.7 Å². The van der Waals surface area contributed by atoms with Gasteiger partial charge in [-0.2, -0.15) is 5.01 Å². The van der Waals surface area contributed by atoms with Crippen molar-refractivity contribution in [1.29, 1.82) is 0 Å². The molecule has 0 saturated heterocycles. The van der Waals surface area contributed by atoms with E-state index in [1.807, 2.05) is 6.07 Å². The lowest BCUT2D eigenvalue weighted by Crippen LogP contribution is -2.35. The Morgan fingerprint density at radius 1 is 0.895 bits per heavy atom. The number of fused-ring (bicyclic) bond motifs is 1. The number of para-hydroxylation sites is 1. The minimum atomic E-state index is -0.554. The van der Waals surface area contributed by atoms with Gasteiger partial charge in [0.1, 0.15) is 5.75 Å². The maximum absolute atomic E-state index is 12.1. The molecule has 1 aliphatic rings. The van der Waals surface area contributed by atoms with E-state index >= 15 is 0 Å². The van der Waals surface area contributed by atoms with E-state index < -0.39 is 11.8 Å². The van der Waals surface area contributed by atoms with E-state index in [9.17, 15) is 14.7 Å². The number of imide groups is 1. The van der Waals surface area contributed by atoms with Crippen molar-refractivity contribution in [3.8, 4) is 5.75 Å². The maximum Gasteiger partial charge on any atom is 0.284 e. The van der Waals surface area contributed by atoms with Crippen LogP contribution in [0.2, 0.25) is 0 Å². The molecule has 1 aliphatic heterocycles. The number of anilines is 1. The fraction of sp³-hybridized carbons (Fsp3) is 0. The number of phenols is 1. The number of benzene rings is 2. The fourth-order valence-electron chi connectivity index (χ4n) is 2.01. The zero-order chi connectivity index (χ0) is 13.4. The van der Waals surface area contributed by atoms with Gasteiger partial charge < -0.3 is 5.11 Å². The van der Waals surface area contributed by atoms with E-state index in [-0.39, 0.29) is 16.9 Å². The molecule has 2 N–H and O–H groups in total. The number of carbonyl (C=O) groups is 2. The molecule has 0 radical (unpaired) electrons. The minimum Gasteiger partial charge on any atom is -0.507 e. The first-order valence-electron chi connectivity index (χ1n) is 5.71. The summed E-state index contributed by atoms with van der Waals surface area (Å²) >= 11 is 0. The average Bonchev–Trinajstić information content (AvgIpc) is 2.66. The summed E-state index contributed by atoms with van der Waals surface area (Å²) in [6, 6.07) is 13.3. The summed E-state index contributed by atoms with van der Waals surface area (Å²) in [6.45, 7) is 0. The third-order valence-corrected chi connectivity index (χ3v) is 2.91. The van der Waals surface area contributed by atoms with Gasteiger partial charge in [-0.3, -0.25) is 15.0 Å². The number of hydrazine groups is 1. The Bertz CT molecular complexity index is 668. The minimum absolute atomic E-state index is 0.0379. The van der Waals surface area contributed by atoms with Gasteiger partial charge >= 0.3 is 0 Å². The smallest absolute Gasteiger partial charge is 0.284 e. The topological polar surface area (TPSA) is 69.6 Å². The number of aromatic hydroxyl groups is 1. The highest BCUT2D eigenvalue weighted by Gasteiger charge is 2.38. The van der Waals surface area contributed by atoms with Crippen LogP contribution in [0.3, 0.4) is 0 Å². The maximum atomic E-state index is 12.1. The van der Waals surface area contributed by atoms with Crippen LogP contribution in [0.1, 0.15) is 20.7 Å². The molecular weight excluding hydrogens is 244 g/mol. The Kier molecular flexibility index (Phi) is 2.45. The summed E-state index contributed by atoms with van der Waals surface area (Å²) in [5.41, 5.74) is 3.60. The molecule has 0 bridgehead atoms. The highest BCUT2D eigenvalue weighted by molar-refractivity contribution is 6.23. The lowest BCUT2D eigenvalue weighted by molar-refractivity contribution is 0.0690. The van der Waals surface area contributed by atoms with Gasteiger partial charge in [-0.1, -0.05) is 24.3 Å². The molecule has 94 valence electrons. The zero-order valence-electron chi connectivity index (χ0n) is 9.83. The van der Waals surface area contributed by atoms with Crippen LogP contribution in [0, 0.1) is 0 Å². The number of rotatable bonds is 2. The number of nitrogens with one attached hydrogen (secondary N) is 1. The van der Waals surface area contributed by atoms with E-state index in [0.717, 1.165) is 5.01 Å². The van der Waals surface area contributed by atoms with Gasteiger partial charge in [0.15, 0.2) is 0 Å². The van der Waals surface area contributed by atoms with Crippen LogP contribution in [-0.2, 0) is 0 Å². The van der Waals surface area contributed by atoms with E-state index in [2.05, 4.69) is 5.43 Å². The highest BCUT2D eigenvalue weighted by atomic mass is 16.3. The Balaban J connectivity index is 1.97. The lowest BCUT2D eigenvalue weighted by Gasteiger charge is -2.16. The molecular formula is C14H10N2O3. The third-order valence-electron chi connectivity index (χ3n) is 2.91. The lowest BCUT2D eigenvalue weighted by atomic mass is 10.1. The Morgan fingerprint density at radius 3 is 2.32 bits per heavy atom. The van der Waals surface area contributed by atoms with Crippen LogP contribution in [0.5, 0.6) is 5.75 Å². The third kappa shape index (κ3) is 1.72. The molecule has 3 rings (SSSR count). The van der Waals surface area contributed by atoms with Crippen LogP contribution >= 0.6 is 0 Å². The number of phenolic OH excluding ortho intramolecular Hbond substituents is 1. The van der Waals surface area contributed by atoms with E-state index in [1.165, 1.54) is 18.2 Å². The summed E-state index contributed by atoms with van der Waals surface area (Å²) in [5.74, 6) is -1.21. The summed E-state index contributed by atoms with van der Waals surface area (Å²) in [4.78, 5) is 24.2. The number of carbonyl (C=O) groups excluding carboxylic acids is 2. The number of hydrogen-bond donors (Lipinski definition) is 2. The predicted molar refractivity (Wildman–Crippen MR) is 68.7 cm³/mol. The fourth-order valence-corrected chi connectivity index (χ4v) is 2.01. The van der Waals surface area contributed by atoms with Gasteiger partial charge in [-0.15, -0.1) is 0 Å². The second-order valence-corrected chi connectivity index (χ2v) is 4.12. The van der Waals surface area contributed by atoms with Gasteiger partial charge in [0.2, 0.25) is 0 Å². The van der Waals surface area contributed by atoms with Crippen LogP contribution in [0.25, 0.3) is 0 Å². The van der Waals surface area contributed by atoms with E-state index in [1.54, 1.807) is 24.3 Å². The van der Waals surface area contributed by atoms with E-state index in [0.29, 0.717) is 5.69 Å². The van der Waals surface area contributed by atoms with E-state index in [4.69, 9.17) is 0 Å². The van der Waals surface area contributed by atoms with Gasteiger partial charge in [-0.05, 0) is 24.3 Å². The number of nitrogens with zero attached hydrogens (tertiary/aromatic N) is 1. The molecule has 0 saturated carbocycles. The largest absolute Gasteiger partial charge is 0.507 e. The number of amides is 2. The van der Waals surface area contributed by atoms with Crippen molar-refractivity contribution in [2.24, 2.45) is 0 Å². The first kappa shape index (κ1) is 11.3. The summed E-state index contributed by atoms with van der Waals surface area (Å²) in [7, 11) is 0. The average molecular weight is 254 g/mol. The Morgan fingerprint density at radius 2 is 1.63 bits per heavy atom. The van der Waals surface area contributed by atoms with Gasteiger partial charge in [0.25, 0.3) is 11.8 Å². The van der Waals surface area contributed by atoms with Crippen molar-refractivity contribution in [3.63, 3.8) is 0 Å². The first-order chi connectivity index (χ1) is 9.18. The normalized spacial score (nSPS) is 13.6. The van der Waals surface area contributed by atoms with Crippen LogP contribution in [0.15, 0.2) is 48.5 Å². The SMILES string of the molecule is O=C1c2cccc(O)c2C(=O)N1Nc1ccccc1. The Hall–Kier alpha value is -2.82. The molecule has 0 unspecified atom stereocenters. The molecule has 2 aromatic rings. The van der Waals surface area contributed by atoms with Gasteiger partial charge in [0.05, 0.1) is 16.8 Å². The van der Waals surface area contributed by atoms with Crippen LogP contribution in [-0.4, -0.2) is 21.9 Å². The molecule has 1 heterocycles. The van der Waals surface area contributed by atoms with Crippen molar-refractivity contribution in [3.05, 3.63) is 59.7 Å². The van der Waals surface area contributed by atoms with Crippen LogP contribution < -0.4 is 5.43 Å². The van der Waals surface area contributed by atoms with Crippen LogP contribution in [0.4, 0.5) is 5.69 Å². The van der Waals surface area contributed by atoms with Crippen molar-refractivity contribution in [2.45, 2.75) is 0 Å². The molecule has 19 heavy (non-hydrogen) atoms. The highest BCUT2D eigenvalue weighted by Crippen LogP contribution is 2.30. The summed E-state index contributed by atoms with van der Waals surface area (Å²) < 4.78 is 0. The second kappa shape index (κ2) is 4.13. The molecule has 2 amide bonds. The molecule has 0 aliphatic carbocycles. The molecule has 0 fully saturated rings. The second-order valence-electron chi connectivity index (χ2n) is 4.12.